The van der Waals surface area contributed by atoms with E-state index in [9.17, 15) is 40.6 Å². The van der Waals surface area contributed by atoms with Crippen molar-refractivity contribution in [2.24, 2.45) is 20.4 Å². The van der Waals surface area contributed by atoms with Gasteiger partial charge in [0.25, 0.3) is 0 Å². The number of anilines is 2. The third-order valence-corrected chi connectivity index (χ3v) is 7.74. The van der Waals surface area contributed by atoms with Crippen molar-refractivity contribution in [3.05, 3.63) is 122 Å². The van der Waals surface area contributed by atoms with Crippen molar-refractivity contribution >= 4 is 53.8 Å². The van der Waals surface area contributed by atoms with Crippen LogP contribution < -0.4 is 91.5 Å². The molecule has 3 N–H and O–H groups in total. The number of azo groups is 1. The van der Waals surface area contributed by atoms with E-state index in [1.165, 1.54) is 0 Å². The average molecular weight is 693 g/mol. The van der Waals surface area contributed by atoms with Crippen LogP contribution in [0.3, 0.4) is 0 Å². The summed E-state index contributed by atoms with van der Waals surface area (Å²) in [4.78, 5) is 24.7. The molecule has 0 fully saturated rings. The Morgan fingerprint density at radius 3 is 1.64 bits per heavy atom. The third-order valence-electron chi connectivity index (χ3n) is 6.12. The Hall–Kier alpha value is -3.62. The predicted octanol–water partition coefficient (Wildman–Crippen LogP) is -3.77. The SMILES string of the molecule is O=c1c(N=Nc2cc(S(=O)(=O)[O-])cc3cc(S(=O)(=O)[O-])cc(O)c23)cc(=NNc2ccccc2)c(=O)c1=NNc1ccccc1.[Na+].[Na+]. The number of hydrogen-bond donors (Lipinski definition) is 3. The Bertz CT molecular complexity index is 2440. The molecule has 5 rings (SSSR count). The molecule has 0 atom stereocenters. The first kappa shape index (κ1) is 37.8. The van der Waals surface area contributed by atoms with Crippen LogP contribution in [0, 0.1) is 0 Å². The molecule has 5 aromatic carbocycles. The van der Waals surface area contributed by atoms with E-state index in [2.05, 4.69) is 31.3 Å². The van der Waals surface area contributed by atoms with Gasteiger partial charge in [0.05, 0.1) is 32.2 Å². The first-order valence-corrected chi connectivity index (χ1v) is 15.4. The van der Waals surface area contributed by atoms with Gasteiger partial charge in [0, 0.05) is 6.07 Å². The Balaban J connectivity index is 0.00000300. The molecule has 0 unspecified atom stereocenters. The number of fused-ring (bicyclic) bond motifs is 1. The van der Waals surface area contributed by atoms with Crippen molar-refractivity contribution in [1.29, 1.82) is 0 Å². The summed E-state index contributed by atoms with van der Waals surface area (Å²) in [6, 6.07) is 20.7. The number of aromatic hydroxyl groups is 1. The van der Waals surface area contributed by atoms with Crippen LogP contribution in [0.1, 0.15) is 0 Å². The summed E-state index contributed by atoms with van der Waals surface area (Å²) in [5, 5.41) is 24.6. The summed E-state index contributed by atoms with van der Waals surface area (Å²) in [7, 11) is -10.3. The number of phenolic OH excluding ortho intramolecular Hbond substituents is 1. The zero-order chi connectivity index (χ0) is 32.4. The second-order valence-electron chi connectivity index (χ2n) is 9.19. The molecule has 0 saturated carbocycles. The minimum absolute atomic E-state index is 0. The number of benzene rings is 5. The normalized spacial score (nSPS) is 12.5. The molecule has 47 heavy (non-hydrogen) atoms. The monoisotopic (exact) mass is 692 g/mol. The smallest absolute Gasteiger partial charge is 0.744 e. The van der Waals surface area contributed by atoms with E-state index in [0.29, 0.717) is 17.4 Å². The van der Waals surface area contributed by atoms with Crippen molar-refractivity contribution in [2.75, 3.05) is 10.9 Å². The van der Waals surface area contributed by atoms with Crippen molar-refractivity contribution in [1.82, 2.24) is 0 Å². The second-order valence-corrected chi connectivity index (χ2v) is 12.0. The van der Waals surface area contributed by atoms with E-state index < -0.39 is 63.4 Å². The van der Waals surface area contributed by atoms with Gasteiger partial charge in [0.1, 0.15) is 37.0 Å². The Morgan fingerprint density at radius 1 is 0.617 bits per heavy atom. The van der Waals surface area contributed by atoms with Crippen LogP contribution in [0.2, 0.25) is 0 Å². The van der Waals surface area contributed by atoms with Crippen LogP contribution in [-0.4, -0.2) is 31.0 Å². The van der Waals surface area contributed by atoms with E-state index in [0.717, 1.165) is 24.3 Å². The Kier molecular flexibility index (Phi) is 12.5. The zero-order valence-electron chi connectivity index (χ0n) is 24.5. The minimum Gasteiger partial charge on any atom is -0.744 e. The third kappa shape index (κ3) is 9.05. The molecule has 0 aromatic heterocycles. The van der Waals surface area contributed by atoms with Crippen LogP contribution in [-0.2, 0) is 20.2 Å². The summed E-state index contributed by atoms with van der Waals surface area (Å²) < 4.78 is 70.1. The van der Waals surface area contributed by atoms with Gasteiger partial charge in [-0.2, -0.15) is 10.2 Å². The van der Waals surface area contributed by atoms with E-state index in [-0.39, 0.29) is 75.2 Å². The molecule has 15 nitrogen and oxygen atoms in total. The summed E-state index contributed by atoms with van der Waals surface area (Å²) in [5.74, 6) is -0.812. The number of phenols is 1. The fourth-order valence-electron chi connectivity index (χ4n) is 4.03. The van der Waals surface area contributed by atoms with Crippen molar-refractivity contribution < 1.29 is 90.2 Å². The molecule has 0 aliphatic rings. The average Bonchev–Trinajstić information content (AvgIpc) is 2.99. The van der Waals surface area contributed by atoms with Gasteiger partial charge in [0.15, 0.2) is 5.36 Å². The van der Waals surface area contributed by atoms with Gasteiger partial charge in [-0.1, -0.05) is 36.4 Å². The molecule has 0 aliphatic heterocycles. The zero-order valence-corrected chi connectivity index (χ0v) is 30.1. The first-order valence-electron chi connectivity index (χ1n) is 12.5. The molecule has 0 aliphatic carbocycles. The molecule has 0 spiro atoms. The van der Waals surface area contributed by atoms with Crippen LogP contribution in [0.15, 0.2) is 131 Å². The Morgan fingerprint density at radius 2 is 1.11 bits per heavy atom. The maximum atomic E-state index is 13.3. The van der Waals surface area contributed by atoms with Crippen molar-refractivity contribution in [2.45, 2.75) is 9.79 Å². The molecule has 0 bridgehead atoms. The largest absolute Gasteiger partial charge is 1.00 e. The molecule has 0 saturated heterocycles. The van der Waals surface area contributed by atoms with E-state index in [4.69, 9.17) is 0 Å². The number of nitrogens with one attached hydrogen (secondary N) is 2. The fourth-order valence-corrected chi connectivity index (χ4v) is 5.08. The molecular weight excluding hydrogens is 674 g/mol. The number of rotatable bonds is 8. The van der Waals surface area contributed by atoms with Crippen molar-refractivity contribution in [3.63, 3.8) is 0 Å². The Labute approximate surface area is 310 Å². The van der Waals surface area contributed by atoms with Crippen LogP contribution in [0.4, 0.5) is 22.7 Å². The maximum absolute atomic E-state index is 13.3. The maximum Gasteiger partial charge on any atom is 1.00 e. The van der Waals surface area contributed by atoms with Crippen LogP contribution >= 0.6 is 0 Å². The second kappa shape index (κ2) is 15.5. The first-order chi connectivity index (χ1) is 21.3. The van der Waals surface area contributed by atoms with Gasteiger partial charge in [-0.3, -0.25) is 20.4 Å². The summed E-state index contributed by atoms with van der Waals surface area (Å²) >= 11 is 0. The minimum atomic E-state index is -5.17. The van der Waals surface area contributed by atoms with E-state index in [1.54, 1.807) is 60.7 Å². The van der Waals surface area contributed by atoms with Crippen LogP contribution in [0.5, 0.6) is 5.75 Å². The fraction of sp³-hybridized carbons (Fsp3) is 0. The molecule has 19 heteroatoms. The summed E-state index contributed by atoms with van der Waals surface area (Å²) in [6.07, 6.45) is 0. The van der Waals surface area contributed by atoms with Gasteiger partial charge in [-0.15, -0.1) is 10.2 Å². The summed E-state index contributed by atoms with van der Waals surface area (Å²) in [6.45, 7) is 0. The predicted molar refractivity (Wildman–Crippen MR) is 158 cm³/mol. The molecule has 0 radical (unpaired) electrons. The van der Waals surface area contributed by atoms with E-state index in [1.807, 2.05) is 0 Å². The van der Waals surface area contributed by atoms with Gasteiger partial charge in [-0.05, 0) is 53.9 Å². The van der Waals surface area contributed by atoms with Crippen molar-refractivity contribution in [3.8, 4) is 5.75 Å². The van der Waals surface area contributed by atoms with Gasteiger partial charge in [0.2, 0.25) is 10.9 Å². The molecule has 0 amide bonds. The molecular formula is C28H18N6Na2O9S2. The molecule has 0 heterocycles. The van der Waals surface area contributed by atoms with Gasteiger partial charge < -0.3 is 14.2 Å². The molecule has 228 valence electrons. The van der Waals surface area contributed by atoms with Crippen LogP contribution in [0.25, 0.3) is 10.8 Å². The van der Waals surface area contributed by atoms with Gasteiger partial charge >= 0.3 is 59.1 Å². The number of hydrogen-bond acceptors (Lipinski definition) is 15. The quantitative estimate of drug-likeness (QED) is 0.0617. The van der Waals surface area contributed by atoms with E-state index >= 15 is 0 Å². The topological polar surface area (TPSA) is 242 Å². The number of para-hydroxylation sites is 2. The van der Waals surface area contributed by atoms with Gasteiger partial charge in [-0.25, -0.2) is 16.8 Å². The summed E-state index contributed by atoms with van der Waals surface area (Å²) in [5.41, 5.74) is 3.36. The number of nitrogens with zero attached hydrogens (tertiary/aromatic N) is 4. The molecule has 5 aromatic rings. The standard InChI is InChI=1S/C28H20N6O9S2.2Na/c35-24-14-20(45(41,42)43)12-16-11-19(44(38,39)40)13-21(25(16)24)31-33-23-15-22(32-29-17-7-3-1-4-8-17)27(36)26(28(23)37)34-30-18-9-5-2-6-10-18;;/h1-15,29-30,35H,(H,38,39,40)(H,41,42,43);;/q;2*+1/p-2.